The molecule has 0 nitrogen and oxygen atoms in total. The van der Waals surface area contributed by atoms with Gasteiger partial charge in [0.15, 0.2) is 0 Å². The first-order valence-corrected chi connectivity index (χ1v) is 8.55. The van der Waals surface area contributed by atoms with E-state index in [1.165, 1.54) is 11.1 Å². The minimum Gasteiger partial charge on any atom is -0.0807 e. The van der Waals surface area contributed by atoms with Gasteiger partial charge >= 0.3 is 0 Å². The molecule has 0 aliphatic carbocycles. The van der Waals surface area contributed by atoms with E-state index >= 15 is 0 Å². The predicted octanol–water partition coefficient (Wildman–Crippen LogP) is 7.03. The summed E-state index contributed by atoms with van der Waals surface area (Å²) in [6.07, 6.45) is 25.8. The molecule has 124 valence electrons. The average molecular weight is 324 g/mol. The average Bonchev–Trinajstić information content (AvgIpc) is 2.67. The van der Waals surface area contributed by atoms with Gasteiger partial charge in [-0.3, -0.25) is 0 Å². The van der Waals surface area contributed by atoms with Gasteiger partial charge in [-0.05, 0) is 17.5 Å². The molecule has 25 heavy (non-hydrogen) atoms. The van der Waals surface area contributed by atoms with E-state index in [0.29, 0.717) is 0 Å². The molecule has 0 fully saturated rings. The van der Waals surface area contributed by atoms with Crippen molar-refractivity contribution in [2.45, 2.75) is 6.42 Å². The normalized spacial score (nSPS) is 12.8. The molecule has 2 aromatic carbocycles. The van der Waals surface area contributed by atoms with Crippen molar-refractivity contribution < 1.29 is 0 Å². The molecule has 0 saturated heterocycles. The molecule has 0 heteroatoms. The van der Waals surface area contributed by atoms with Crippen molar-refractivity contribution in [3.8, 4) is 0 Å². The minimum absolute atomic E-state index is 0.932. The third-order valence-electron chi connectivity index (χ3n) is 3.39. The molecule has 0 heterocycles. The topological polar surface area (TPSA) is 0 Å². The predicted molar refractivity (Wildman–Crippen MR) is 112 cm³/mol. The zero-order valence-corrected chi connectivity index (χ0v) is 14.4. The molecule has 2 aromatic rings. The third kappa shape index (κ3) is 8.92. The maximum absolute atomic E-state index is 2.14. The third-order valence-corrected chi connectivity index (χ3v) is 3.39. The van der Waals surface area contributed by atoms with Gasteiger partial charge in [0.1, 0.15) is 0 Å². The van der Waals surface area contributed by atoms with E-state index in [1.54, 1.807) is 0 Å². The SMILES string of the molecule is C(/C=C/C=C/c1ccccc1)=C\C=C\C/C=C/C=C/c1ccccc1. The second-order valence-electron chi connectivity index (χ2n) is 5.40. The number of rotatable bonds is 8. The standard InChI is InChI=1S/C25H24/c1(2-4-6-8-12-18-24-20-14-10-15-21-24)3-5-7-9-13-19-25-22-16-11-17-23-25/h1-4,6-23H,5H2/b3-1+,4-2+,8-6+,9-7+,18-12+,19-13+. The van der Waals surface area contributed by atoms with Crippen LogP contribution in [-0.2, 0) is 0 Å². The van der Waals surface area contributed by atoms with Gasteiger partial charge < -0.3 is 0 Å². The van der Waals surface area contributed by atoms with Crippen LogP contribution in [0.25, 0.3) is 12.2 Å². The van der Waals surface area contributed by atoms with Gasteiger partial charge in [-0.2, -0.15) is 0 Å². The summed E-state index contributed by atoms with van der Waals surface area (Å²) >= 11 is 0. The maximum atomic E-state index is 2.14. The van der Waals surface area contributed by atoms with Crippen LogP contribution in [0.2, 0.25) is 0 Å². The van der Waals surface area contributed by atoms with E-state index in [1.807, 2.05) is 66.8 Å². The van der Waals surface area contributed by atoms with E-state index in [-0.39, 0.29) is 0 Å². The molecule has 0 aliphatic heterocycles. The zero-order valence-electron chi connectivity index (χ0n) is 14.4. The van der Waals surface area contributed by atoms with E-state index in [0.717, 1.165) is 6.42 Å². The first-order chi connectivity index (χ1) is 12.4. The molecule has 2 rings (SSSR count). The monoisotopic (exact) mass is 324 g/mol. The fourth-order valence-corrected chi connectivity index (χ4v) is 2.11. The molecule has 0 radical (unpaired) electrons. The fourth-order valence-electron chi connectivity index (χ4n) is 2.11. The van der Waals surface area contributed by atoms with Crippen molar-refractivity contribution in [3.05, 3.63) is 133 Å². The summed E-state index contributed by atoms with van der Waals surface area (Å²) in [4.78, 5) is 0. The lowest BCUT2D eigenvalue weighted by atomic mass is 10.2. The van der Waals surface area contributed by atoms with Gasteiger partial charge in [-0.1, -0.05) is 134 Å². The van der Waals surface area contributed by atoms with Gasteiger partial charge in [0.05, 0.1) is 0 Å². The largest absolute Gasteiger partial charge is 0.0807 e. The molecule has 0 aliphatic rings. The summed E-state index contributed by atoms with van der Waals surface area (Å²) in [6.45, 7) is 0. The van der Waals surface area contributed by atoms with Gasteiger partial charge in [-0.15, -0.1) is 0 Å². The molecular formula is C25H24. The van der Waals surface area contributed by atoms with Crippen LogP contribution in [-0.4, -0.2) is 0 Å². The number of allylic oxidation sites excluding steroid dienone is 10. The molecule has 0 atom stereocenters. The van der Waals surface area contributed by atoms with Crippen molar-refractivity contribution in [2.75, 3.05) is 0 Å². The Labute approximate surface area is 151 Å². The summed E-state index contributed by atoms with van der Waals surface area (Å²) in [7, 11) is 0. The highest BCUT2D eigenvalue weighted by Crippen LogP contribution is 2.02. The lowest BCUT2D eigenvalue weighted by Gasteiger charge is -1.88. The first kappa shape index (κ1) is 18.2. The Kier molecular flexibility index (Phi) is 8.98. The van der Waals surface area contributed by atoms with Crippen LogP contribution in [0.4, 0.5) is 0 Å². The van der Waals surface area contributed by atoms with Crippen molar-refractivity contribution in [1.82, 2.24) is 0 Å². The lowest BCUT2D eigenvalue weighted by Crippen LogP contribution is -1.66. The number of hydrogen-bond donors (Lipinski definition) is 0. The van der Waals surface area contributed by atoms with Crippen LogP contribution in [0.5, 0.6) is 0 Å². The van der Waals surface area contributed by atoms with Gasteiger partial charge in [0.25, 0.3) is 0 Å². The highest BCUT2D eigenvalue weighted by Gasteiger charge is 1.80. The van der Waals surface area contributed by atoms with Gasteiger partial charge in [0, 0.05) is 0 Å². The molecule has 0 spiro atoms. The summed E-state index contributed by atoms with van der Waals surface area (Å²) < 4.78 is 0. The first-order valence-electron chi connectivity index (χ1n) is 8.55. The molecule has 0 aromatic heterocycles. The van der Waals surface area contributed by atoms with Crippen molar-refractivity contribution in [3.63, 3.8) is 0 Å². The second kappa shape index (κ2) is 12.3. The minimum atomic E-state index is 0.932. The molecule has 0 bridgehead atoms. The number of benzene rings is 2. The Morgan fingerprint density at radius 1 is 0.440 bits per heavy atom. The fraction of sp³-hybridized carbons (Fsp3) is 0.0400. The van der Waals surface area contributed by atoms with Gasteiger partial charge in [0.2, 0.25) is 0 Å². The van der Waals surface area contributed by atoms with E-state index in [9.17, 15) is 0 Å². The Morgan fingerprint density at radius 2 is 0.840 bits per heavy atom. The van der Waals surface area contributed by atoms with Crippen LogP contribution < -0.4 is 0 Å². The highest BCUT2D eigenvalue weighted by molar-refractivity contribution is 5.51. The van der Waals surface area contributed by atoms with Crippen LogP contribution >= 0.6 is 0 Å². The van der Waals surface area contributed by atoms with Crippen LogP contribution in [0, 0.1) is 0 Å². The van der Waals surface area contributed by atoms with E-state index < -0.39 is 0 Å². The Hall–Kier alpha value is -3.12. The van der Waals surface area contributed by atoms with Gasteiger partial charge in [-0.25, -0.2) is 0 Å². The van der Waals surface area contributed by atoms with Crippen molar-refractivity contribution in [2.24, 2.45) is 0 Å². The second-order valence-corrected chi connectivity index (χ2v) is 5.40. The smallest absolute Gasteiger partial charge is 0.0163 e. The summed E-state index contributed by atoms with van der Waals surface area (Å²) in [5.74, 6) is 0. The summed E-state index contributed by atoms with van der Waals surface area (Å²) in [5, 5.41) is 0. The van der Waals surface area contributed by atoms with Crippen LogP contribution in [0.1, 0.15) is 17.5 Å². The molecular weight excluding hydrogens is 300 g/mol. The maximum Gasteiger partial charge on any atom is -0.0163 e. The molecule has 0 saturated carbocycles. The Bertz CT molecular complexity index is 754. The Morgan fingerprint density at radius 3 is 1.40 bits per heavy atom. The highest BCUT2D eigenvalue weighted by atomic mass is 13.9. The molecule has 0 amide bonds. The lowest BCUT2D eigenvalue weighted by molar-refractivity contribution is 1.39. The Balaban J connectivity index is 1.61. The van der Waals surface area contributed by atoms with Crippen LogP contribution in [0.3, 0.4) is 0 Å². The molecule has 0 N–H and O–H groups in total. The summed E-state index contributed by atoms with van der Waals surface area (Å²) in [5.41, 5.74) is 2.43. The van der Waals surface area contributed by atoms with E-state index in [2.05, 4.69) is 66.8 Å². The van der Waals surface area contributed by atoms with E-state index in [4.69, 9.17) is 0 Å². The zero-order chi connectivity index (χ0) is 17.4. The van der Waals surface area contributed by atoms with Crippen molar-refractivity contribution >= 4 is 12.2 Å². The summed E-state index contributed by atoms with van der Waals surface area (Å²) in [6, 6.07) is 20.6. The number of hydrogen-bond acceptors (Lipinski definition) is 0. The van der Waals surface area contributed by atoms with Crippen LogP contribution in [0.15, 0.2) is 121 Å². The quantitative estimate of drug-likeness (QED) is 0.457. The molecule has 0 unspecified atom stereocenters. The van der Waals surface area contributed by atoms with Crippen molar-refractivity contribution in [1.29, 1.82) is 0 Å².